The monoisotopic (exact) mass is 388 g/mol. The number of ketones is 1. The highest BCUT2D eigenvalue weighted by molar-refractivity contribution is 6.03. The maximum atomic E-state index is 12.8. The summed E-state index contributed by atoms with van der Waals surface area (Å²) in [7, 11) is 0. The third kappa shape index (κ3) is 5.04. The number of benzene rings is 2. The lowest BCUT2D eigenvalue weighted by atomic mass is 10.0. The largest absolute Gasteiger partial charge is 0.340 e. The van der Waals surface area contributed by atoms with E-state index in [1.165, 1.54) is 6.92 Å². The Hall–Kier alpha value is -3.54. The van der Waals surface area contributed by atoms with Gasteiger partial charge in [-0.3, -0.25) is 9.59 Å². The zero-order valence-corrected chi connectivity index (χ0v) is 17.0. The van der Waals surface area contributed by atoms with Crippen LogP contribution in [0.1, 0.15) is 58.9 Å². The van der Waals surface area contributed by atoms with E-state index >= 15 is 0 Å². The molecule has 29 heavy (non-hydrogen) atoms. The minimum atomic E-state index is -0.293. The lowest BCUT2D eigenvalue weighted by Crippen LogP contribution is -2.16. The first-order chi connectivity index (χ1) is 13.8. The maximum absolute atomic E-state index is 12.8. The van der Waals surface area contributed by atoms with E-state index in [0.717, 1.165) is 16.9 Å². The number of nitrogens with one attached hydrogen (secondary N) is 2. The first kappa shape index (κ1) is 20.2. The predicted molar refractivity (Wildman–Crippen MR) is 115 cm³/mol. The fourth-order valence-electron chi connectivity index (χ4n) is 2.98. The van der Waals surface area contributed by atoms with Gasteiger partial charge in [0.05, 0.1) is 0 Å². The van der Waals surface area contributed by atoms with Crippen LogP contribution in [0.15, 0.2) is 54.6 Å². The summed E-state index contributed by atoms with van der Waals surface area (Å²) in [5, 5.41) is 6.11. The van der Waals surface area contributed by atoms with Crippen LogP contribution in [0.25, 0.3) is 0 Å². The molecule has 148 valence electrons. The van der Waals surface area contributed by atoms with Crippen molar-refractivity contribution in [3.05, 3.63) is 77.2 Å². The molecular formula is C23H24N4O2. The standard InChI is InChI=1S/C23H24N4O2/c1-14(2)19-7-5-6-8-20(19)27-23(29)21-13-22(25-16(4)24-21)26-18-11-9-17(10-12-18)15(3)28/h5-14H,1-4H3,(H,27,29)(H,24,25,26). The molecule has 1 heterocycles. The number of carbonyl (C=O) groups excluding carboxylic acids is 2. The number of aromatic nitrogens is 2. The molecule has 0 fully saturated rings. The highest BCUT2D eigenvalue weighted by Gasteiger charge is 2.14. The van der Waals surface area contributed by atoms with E-state index in [-0.39, 0.29) is 23.3 Å². The molecule has 1 aromatic heterocycles. The number of carbonyl (C=O) groups is 2. The Balaban J connectivity index is 1.81. The second-order valence-corrected chi connectivity index (χ2v) is 7.14. The van der Waals surface area contributed by atoms with Gasteiger partial charge in [0.25, 0.3) is 5.91 Å². The molecule has 0 saturated heterocycles. The smallest absolute Gasteiger partial charge is 0.274 e. The van der Waals surface area contributed by atoms with Gasteiger partial charge in [0, 0.05) is 23.0 Å². The Morgan fingerprint density at radius 3 is 2.31 bits per heavy atom. The molecule has 6 nitrogen and oxygen atoms in total. The van der Waals surface area contributed by atoms with Gasteiger partial charge in [-0.05, 0) is 55.7 Å². The number of nitrogens with zero attached hydrogens (tertiary/aromatic N) is 2. The lowest BCUT2D eigenvalue weighted by Gasteiger charge is -2.14. The minimum absolute atomic E-state index is 0.00932. The summed E-state index contributed by atoms with van der Waals surface area (Å²) in [6.07, 6.45) is 0. The molecule has 3 aromatic rings. The third-order valence-corrected chi connectivity index (χ3v) is 4.47. The molecule has 6 heteroatoms. The van der Waals surface area contributed by atoms with Gasteiger partial charge in [0.1, 0.15) is 17.3 Å². The zero-order valence-electron chi connectivity index (χ0n) is 17.0. The molecular weight excluding hydrogens is 364 g/mol. The van der Waals surface area contributed by atoms with Crippen molar-refractivity contribution in [1.82, 2.24) is 9.97 Å². The molecule has 0 bridgehead atoms. The minimum Gasteiger partial charge on any atom is -0.340 e. The van der Waals surface area contributed by atoms with E-state index in [1.54, 1.807) is 37.3 Å². The van der Waals surface area contributed by atoms with Gasteiger partial charge in [0.2, 0.25) is 0 Å². The number of hydrogen-bond donors (Lipinski definition) is 2. The molecule has 3 rings (SSSR count). The fourth-order valence-corrected chi connectivity index (χ4v) is 2.98. The highest BCUT2D eigenvalue weighted by Crippen LogP contribution is 2.24. The van der Waals surface area contributed by atoms with Gasteiger partial charge < -0.3 is 10.6 Å². The van der Waals surface area contributed by atoms with Gasteiger partial charge in [-0.2, -0.15) is 0 Å². The van der Waals surface area contributed by atoms with Crippen molar-refractivity contribution in [3.8, 4) is 0 Å². The number of amides is 1. The number of aryl methyl sites for hydroxylation is 1. The summed E-state index contributed by atoms with van der Waals surface area (Å²) in [6.45, 7) is 7.43. The van der Waals surface area contributed by atoms with Crippen molar-refractivity contribution in [2.75, 3.05) is 10.6 Å². The number of rotatable bonds is 6. The van der Waals surface area contributed by atoms with Crippen LogP contribution in [0.2, 0.25) is 0 Å². The molecule has 0 saturated carbocycles. The number of anilines is 3. The van der Waals surface area contributed by atoms with Crippen molar-refractivity contribution in [2.24, 2.45) is 0 Å². The third-order valence-electron chi connectivity index (χ3n) is 4.47. The SMILES string of the molecule is CC(=O)c1ccc(Nc2cc(C(=O)Nc3ccccc3C(C)C)nc(C)n2)cc1. The predicted octanol–water partition coefficient (Wildman–Crippen LogP) is 5.11. The Kier molecular flexibility index (Phi) is 6.02. The topological polar surface area (TPSA) is 84.0 Å². The number of hydrogen-bond acceptors (Lipinski definition) is 5. The van der Waals surface area contributed by atoms with Gasteiger partial charge in [0.15, 0.2) is 5.78 Å². The lowest BCUT2D eigenvalue weighted by molar-refractivity contribution is 0.101. The highest BCUT2D eigenvalue weighted by atomic mass is 16.2. The van der Waals surface area contributed by atoms with Crippen LogP contribution in [0.5, 0.6) is 0 Å². The molecule has 1 amide bonds. The zero-order chi connectivity index (χ0) is 21.0. The van der Waals surface area contributed by atoms with E-state index < -0.39 is 0 Å². The fraction of sp³-hybridized carbons (Fsp3) is 0.217. The van der Waals surface area contributed by atoms with Crippen LogP contribution in [0.3, 0.4) is 0 Å². The van der Waals surface area contributed by atoms with E-state index in [9.17, 15) is 9.59 Å². The van der Waals surface area contributed by atoms with E-state index in [1.807, 2.05) is 24.3 Å². The summed E-state index contributed by atoms with van der Waals surface area (Å²) in [4.78, 5) is 32.8. The second kappa shape index (κ2) is 8.65. The van der Waals surface area contributed by atoms with Gasteiger partial charge in [-0.1, -0.05) is 32.0 Å². The van der Waals surface area contributed by atoms with Crippen LogP contribution in [-0.2, 0) is 0 Å². The molecule has 2 N–H and O–H groups in total. The number of Topliss-reactive ketones (excluding diaryl/α,β-unsaturated/α-hetero) is 1. The summed E-state index contributed by atoms with van der Waals surface area (Å²) in [5.41, 5.74) is 3.52. The van der Waals surface area contributed by atoms with Crippen LogP contribution in [0, 0.1) is 6.92 Å². The van der Waals surface area contributed by atoms with Gasteiger partial charge in [-0.15, -0.1) is 0 Å². The Labute approximate surface area is 170 Å². The molecule has 0 spiro atoms. The van der Waals surface area contributed by atoms with Crippen LogP contribution < -0.4 is 10.6 Å². The summed E-state index contributed by atoms with van der Waals surface area (Å²) < 4.78 is 0. The van der Waals surface area contributed by atoms with Crippen molar-refractivity contribution in [1.29, 1.82) is 0 Å². The molecule has 0 atom stereocenters. The summed E-state index contributed by atoms with van der Waals surface area (Å²) in [6, 6.07) is 16.4. The molecule has 0 aliphatic carbocycles. The quantitative estimate of drug-likeness (QED) is 0.574. The van der Waals surface area contributed by atoms with E-state index in [2.05, 4.69) is 34.4 Å². The van der Waals surface area contributed by atoms with Crippen LogP contribution in [0.4, 0.5) is 17.2 Å². The van der Waals surface area contributed by atoms with Gasteiger partial charge >= 0.3 is 0 Å². The first-order valence-corrected chi connectivity index (χ1v) is 9.47. The van der Waals surface area contributed by atoms with E-state index in [4.69, 9.17) is 0 Å². The molecule has 0 aliphatic heterocycles. The van der Waals surface area contributed by atoms with Crippen molar-refractivity contribution < 1.29 is 9.59 Å². The first-order valence-electron chi connectivity index (χ1n) is 9.47. The van der Waals surface area contributed by atoms with Crippen molar-refractivity contribution >= 4 is 28.9 Å². The molecule has 0 unspecified atom stereocenters. The normalized spacial score (nSPS) is 10.7. The van der Waals surface area contributed by atoms with Crippen LogP contribution >= 0.6 is 0 Å². The molecule has 0 aliphatic rings. The van der Waals surface area contributed by atoms with Crippen molar-refractivity contribution in [2.45, 2.75) is 33.6 Å². The maximum Gasteiger partial charge on any atom is 0.274 e. The van der Waals surface area contributed by atoms with Crippen LogP contribution in [-0.4, -0.2) is 21.7 Å². The van der Waals surface area contributed by atoms with E-state index in [0.29, 0.717) is 17.2 Å². The Bertz CT molecular complexity index is 1040. The average molecular weight is 388 g/mol. The number of para-hydroxylation sites is 1. The Morgan fingerprint density at radius 2 is 1.66 bits per heavy atom. The van der Waals surface area contributed by atoms with Gasteiger partial charge in [-0.25, -0.2) is 9.97 Å². The van der Waals surface area contributed by atoms with Crippen molar-refractivity contribution in [3.63, 3.8) is 0 Å². The summed E-state index contributed by atoms with van der Waals surface area (Å²) >= 11 is 0. The average Bonchev–Trinajstić information content (AvgIpc) is 2.68. The Morgan fingerprint density at radius 1 is 0.966 bits per heavy atom. The second-order valence-electron chi connectivity index (χ2n) is 7.14. The molecule has 0 radical (unpaired) electrons. The molecule has 2 aromatic carbocycles. The summed E-state index contributed by atoms with van der Waals surface area (Å²) in [5.74, 6) is 0.996.